The molecule has 2 heterocycles. The number of aromatic amines is 1. The van der Waals surface area contributed by atoms with Crippen molar-refractivity contribution in [2.24, 2.45) is 0 Å². The molecule has 33 heavy (non-hydrogen) atoms. The number of aromatic nitrogens is 2. The quantitative estimate of drug-likeness (QED) is 0.457. The summed E-state index contributed by atoms with van der Waals surface area (Å²) in [6, 6.07) is 10.5. The van der Waals surface area contributed by atoms with Gasteiger partial charge in [0.2, 0.25) is 0 Å². The highest BCUT2D eigenvalue weighted by atomic mass is 16.5. The summed E-state index contributed by atoms with van der Waals surface area (Å²) in [5.41, 5.74) is 3.98. The zero-order valence-electron chi connectivity index (χ0n) is 19.1. The van der Waals surface area contributed by atoms with Crippen LogP contribution in [0.1, 0.15) is 53.5 Å². The predicted octanol–water partition coefficient (Wildman–Crippen LogP) is 3.82. The van der Waals surface area contributed by atoms with Gasteiger partial charge < -0.3 is 24.6 Å². The number of aliphatic hydroxyl groups is 1. The van der Waals surface area contributed by atoms with E-state index in [1.165, 1.54) is 0 Å². The number of hydrogen-bond acceptors (Lipinski definition) is 6. The Balaban J connectivity index is 1.88. The zero-order valence-corrected chi connectivity index (χ0v) is 19.1. The van der Waals surface area contributed by atoms with Crippen LogP contribution >= 0.6 is 0 Å². The van der Waals surface area contributed by atoms with Crippen molar-refractivity contribution in [2.75, 3.05) is 26.4 Å². The second-order valence-electron chi connectivity index (χ2n) is 7.93. The summed E-state index contributed by atoms with van der Waals surface area (Å²) in [6.07, 6.45) is 0.445. The standard InChI is InChI=1S/C25H29N3O5/c1-4-32-19-10-8-16(14-20(19)33-5-2)24-21-22(17-13-15(3)7-9-18(17)30)26-27-23(21)25(31)28(24)11-6-12-29/h7-10,13-14,24,29-30H,4-6,11-12H2,1-3H3,(H,26,27). The molecule has 0 fully saturated rings. The van der Waals surface area contributed by atoms with E-state index >= 15 is 0 Å². The van der Waals surface area contributed by atoms with Gasteiger partial charge in [0.1, 0.15) is 17.1 Å². The van der Waals surface area contributed by atoms with E-state index in [2.05, 4.69) is 10.2 Å². The number of aromatic hydroxyl groups is 1. The van der Waals surface area contributed by atoms with E-state index < -0.39 is 6.04 Å². The number of nitrogens with zero attached hydrogens (tertiary/aromatic N) is 2. The van der Waals surface area contributed by atoms with Crippen LogP contribution in [0.5, 0.6) is 17.2 Å². The van der Waals surface area contributed by atoms with Gasteiger partial charge in [0.15, 0.2) is 11.5 Å². The lowest BCUT2D eigenvalue weighted by Crippen LogP contribution is -2.31. The van der Waals surface area contributed by atoms with Crippen LogP contribution in [0, 0.1) is 6.92 Å². The maximum atomic E-state index is 13.3. The van der Waals surface area contributed by atoms with Gasteiger partial charge in [-0.2, -0.15) is 5.10 Å². The Bertz CT molecular complexity index is 1160. The molecule has 1 unspecified atom stereocenters. The Labute approximate surface area is 192 Å². The van der Waals surface area contributed by atoms with Gasteiger partial charge in [-0.05, 0) is 57.0 Å². The van der Waals surface area contributed by atoms with Crippen LogP contribution in [-0.4, -0.2) is 57.6 Å². The summed E-state index contributed by atoms with van der Waals surface area (Å²) in [7, 11) is 0. The van der Waals surface area contributed by atoms with Gasteiger partial charge in [0.05, 0.1) is 19.3 Å². The molecule has 0 saturated heterocycles. The molecule has 0 aliphatic carbocycles. The van der Waals surface area contributed by atoms with Crippen molar-refractivity contribution < 1.29 is 24.5 Å². The number of benzene rings is 2. The lowest BCUT2D eigenvalue weighted by atomic mass is 9.94. The number of hydrogen-bond donors (Lipinski definition) is 3. The third-order valence-corrected chi connectivity index (χ3v) is 5.71. The van der Waals surface area contributed by atoms with E-state index in [1.807, 2.05) is 51.1 Å². The maximum absolute atomic E-state index is 13.3. The Morgan fingerprint density at radius 1 is 1.09 bits per heavy atom. The fraction of sp³-hybridized carbons (Fsp3) is 0.360. The number of carbonyl (C=O) groups is 1. The smallest absolute Gasteiger partial charge is 0.273 e. The first-order valence-electron chi connectivity index (χ1n) is 11.2. The average molecular weight is 452 g/mol. The molecule has 4 rings (SSSR count). The highest BCUT2D eigenvalue weighted by molar-refractivity contribution is 6.00. The second kappa shape index (κ2) is 9.54. The molecule has 1 aliphatic rings. The van der Waals surface area contributed by atoms with Crippen molar-refractivity contribution in [3.8, 4) is 28.5 Å². The first-order chi connectivity index (χ1) is 16.0. The fourth-order valence-electron chi connectivity index (χ4n) is 4.30. The molecule has 3 N–H and O–H groups in total. The third kappa shape index (κ3) is 4.14. The van der Waals surface area contributed by atoms with Crippen LogP contribution in [0.3, 0.4) is 0 Å². The van der Waals surface area contributed by atoms with E-state index in [0.717, 1.165) is 11.1 Å². The number of carbonyl (C=O) groups excluding carboxylic acids is 1. The Morgan fingerprint density at radius 3 is 2.58 bits per heavy atom. The average Bonchev–Trinajstić information content (AvgIpc) is 3.34. The van der Waals surface area contributed by atoms with Gasteiger partial charge in [0.25, 0.3) is 5.91 Å². The topological polar surface area (TPSA) is 108 Å². The van der Waals surface area contributed by atoms with Crippen LogP contribution in [0.15, 0.2) is 36.4 Å². The molecule has 0 spiro atoms. The van der Waals surface area contributed by atoms with Crippen molar-refractivity contribution in [1.29, 1.82) is 0 Å². The number of phenolic OH excluding ortho intramolecular Hbond substituents is 1. The molecular weight excluding hydrogens is 422 g/mol. The van der Waals surface area contributed by atoms with Gasteiger partial charge in [-0.15, -0.1) is 0 Å². The van der Waals surface area contributed by atoms with E-state index in [9.17, 15) is 15.0 Å². The molecule has 0 radical (unpaired) electrons. The van der Waals surface area contributed by atoms with Gasteiger partial charge in [-0.25, -0.2) is 0 Å². The summed E-state index contributed by atoms with van der Waals surface area (Å²) >= 11 is 0. The number of phenols is 1. The van der Waals surface area contributed by atoms with Crippen LogP contribution in [-0.2, 0) is 0 Å². The number of amides is 1. The highest BCUT2D eigenvalue weighted by Gasteiger charge is 2.42. The summed E-state index contributed by atoms with van der Waals surface area (Å²) < 4.78 is 11.5. The molecule has 1 aliphatic heterocycles. The van der Waals surface area contributed by atoms with Gasteiger partial charge in [-0.3, -0.25) is 9.89 Å². The summed E-state index contributed by atoms with van der Waals surface area (Å²) in [5.74, 6) is 1.14. The minimum atomic E-state index is -0.456. The first-order valence-corrected chi connectivity index (χ1v) is 11.2. The van der Waals surface area contributed by atoms with Crippen molar-refractivity contribution in [3.63, 3.8) is 0 Å². The van der Waals surface area contributed by atoms with Gasteiger partial charge >= 0.3 is 0 Å². The monoisotopic (exact) mass is 451 g/mol. The molecular formula is C25H29N3O5. The molecule has 1 atom stereocenters. The molecule has 0 saturated carbocycles. The number of fused-ring (bicyclic) bond motifs is 1. The fourth-order valence-corrected chi connectivity index (χ4v) is 4.30. The number of rotatable bonds is 9. The molecule has 0 bridgehead atoms. The first kappa shape index (κ1) is 22.7. The van der Waals surface area contributed by atoms with Gasteiger partial charge in [0, 0.05) is 24.3 Å². The molecule has 1 amide bonds. The van der Waals surface area contributed by atoms with E-state index in [4.69, 9.17) is 9.47 Å². The maximum Gasteiger partial charge on any atom is 0.273 e. The van der Waals surface area contributed by atoms with E-state index in [1.54, 1.807) is 11.0 Å². The largest absolute Gasteiger partial charge is 0.507 e. The van der Waals surface area contributed by atoms with Crippen LogP contribution in [0.4, 0.5) is 0 Å². The molecule has 3 aromatic rings. The van der Waals surface area contributed by atoms with Crippen LogP contribution in [0.2, 0.25) is 0 Å². The number of aliphatic hydroxyl groups excluding tert-OH is 1. The SMILES string of the molecule is CCOc1ccc(C2c3c(-c4cc(C)ccc4O)n[nH]c3C(=O)N2CCCO)cc1OCC. The molecule has 174 valence electrons. The number of aryl methyl sites for hydroxylation is 1. The van der Waals surface area contributed by atoms with Crippen molar-refractivity contribution in [3.05, 3.63) is 58.8 Å². The van der Waals surface area contributed by atoms with Crippen molar-refractivity contribution in [2.45, 2.75) is 33.2 Å². The minimum absolute atomic E-state index is 0.0261. The van der Waals surface area contributed by atoms with Crippen LogP contribution in [0.25, 0.3) is 11.3 Å². The molecule has 1 aromatic heterocycles. The molecule has 2 aromatic carbocycles. The normalized spacial score (nSPS) is 15.1. The van der Waals surface area contributed by atoms with Crippen molar-refractivity contribution >= 4 is 5.91 Å². The number of H-pyrrole nitrogens is 1. The molecule has 8 nitrogen and oxygen atoms in total. The van der Waals surface area contributed by atoms with Gasteiger partial charge in [-0.1, -0.05) is 17.7 Å². The highest BCUT2D eigenvalue weighted by Crippen LogP contribution is 2.46. The molecule has 8 heteroatoms. The van der Waals surface area contributed by atoms with Crippen LogP contribution < -0.4 is 9.47 Å². The summed E-state index contributed by atoms with van der Waals surface area (Å²) in [4.78, 5) is 15.0. The van der Waals surface area contributed by atoms with E-state index in [0.29, 0.717) is 60.2 Å². The third-order valence-electron chi connectivity index (χ3n) is 5.71. The lowest BCUT2D eigenvalue weighted by Gasteiger charge is -2.27. The number of nitrogens with one attached hydrogen (secondary N) is 1. The predicted molar refractivity (Wildman–Crippen MR) is 124 cm³/mol. The summed E-state index contributed by atoms with van der Waals surface area (Å²) in [6.45, 7) is 7.08. The zero-order chi connectivity index (χ0) is 23.5. The second-order valence-corrected chi connectivity index (χ2v) is 7.93. The van der Waals surface area contributed by atoms with E-state index in [-0.39, 0.29) is 18.3 Å². The summed E-state index contributed by atoms with van der Waals surface area (Å²) in [5, 5.41) is 27.3. The van der Waals surface area contributed by atoms with Crippen molar-refractivity contribution in [1.82, 2.24) is 15.1 Å². The number of ether oxygens (including phenoxy) is 2. The Morgan fingerprint density at radius 2 is 1.85 bits per heavy atom. The Kier molecular flexibility index (Phi) is 6.55. The minimum Gasteiger partial charge on any atom is -0.507 e. The Hall–Kier alpha value is -3.52. The lowest BCUT2D eigenvalue weighted by molar-refractivity contribution is 0.0732.